The normalized spacial score (nSPS) is 17.0. The van der Waals surface area contributed by atoms with Crippen molar-refractivity contribution in [3.8, 4) is 11.5 Å². The summed E-state index contributed by atoms with van der Waals surface area (Å²) in [5.74, 6) is 0.969. The molecule has 1 aromatic heterocycles. The van der Waals surface area contributed by atoms with Gasteiger partial charge in [0.25, 0.3) is 0 Å². The van der Waals surface area contributed by atoms with Crippen molar-refractivity contribution in [2.45, 2.75) is 6.10 Å². The van der Waals surface area contributed by atoms with Crippen molar-refractivity contribution in [1.29, 1.82) is 0 Å². The topological polar surface area (TPSA) is 57.7 Å². The number of hydrogen-bond donors (Lipinski definition) is 0. The maximum atomic E-state index is 11.4. The summed E-state index contributed by atoms with van der Waals surface area (Å²) < 4.78 is 16.1. The van der Waals surface area contributed by atoms with E-state index < -0.39 is 5.97 Å². The fraction of sp³-hybridized carbons (Fsp3) is 0.231. The van der Waals surface area contributed by atoms with Gasteiger partial charge in [-0.15, -0.1) is 11.3 Å². The Morgan fingerprint density at radius 2 is 2.21 bits per heavy atom. The van der Waals surface area contributed by atoms with Gasteiger partial charge in [-0.3, -0.25) is 0 Å². The second-order valence-electron chi connectivity index (χ2n) is 3.93. The van der Waals surface area contributed by atoms with Crippen molar-refractivity contribution in [3.05, 3.63) is 40.3 Å². The van der Waals surface area contributed by atoms with Gasteiger partial charge < -0.3 is 14.2 Å². The summed E-state index contributed by atoms with van der Waals surface area (Å²) in [7, 11) is 1.33. The molecular weight excluding hydrogens is 266 g/mol. The first-order valence-corrected chi connectivity index (χ1v) is 6.58. The molecule has 2 heterocycles. The average molecular weight is 277 g/mol. The maximum absolute atomic E-state index is 11.4. The molecule has 19 heavy (non-hydrogen) atoms. The van der Waals surface area contributed by atoms with Gasteiger partial charge in [-0.1, -0.05) is 12.1 Å². The highest BCUT2D eigenvalue weighted by Crippen LogP contribution is 2.36. The lowest BCUT2D eigenvalue weighted by Gasteiger charge is -2.24. The van der Waals surface area contributed by atoms with Crippen LogP contribution in [0.3, 0.4) is 0 Å². The van der Waals surface area contributed by atoms with Crippen molar-refractivity contribution in [2.75, 3.05) is 13.7 Å². The van der Waals surface area contributed by atoms with E-state index in [1.165, 1.54) is 18.4 Å². The zero-order valence-electron chi connectivity index (χ0n) is 10.2. The van der Waals surface area contributed by atoms with E-state index in [4.69, 9.17) is 9.47 Å². The van der Waals surface area contributed by atoms with Gasteiger partial charge in [0.15, 0.2) is 23.3 Å². The Morgan fingerprint density at radius 1 is 1.42 bits per heavy atom. The predicted molar refractivity (Wildman–Crippen MR) is 68.8 cm³/mol. The summed E-state index contributed by atoms with van der Waals surface area (Å²) in [4.78, 5) is 15.6. The second kappa shape index (κ2) is 4.89. The summed E-state index contributed by atoms with van der Waals surface area (Å²) >= 11 is 1.36. The monoisotopic (exact) mass is 277 g/mol. The molecule has 0 spiro atoms. The van der Waals surface area contributed by atoms with Crippen LogP contribution in [0.5, 0.6) is 11.5 Å². The van der Waals surface area contributed by atoms with Gasteiger partial charge in [-0.05, 0) is 12.1 Å². The van der Waals surface area contributed by atoms with Crippen LogP contribution in [0.1, 0.15) is 21.6 Å². The number of ether oxygens (including phenoxy) is 3. The predicted octanol–water partition coefficient (Wildman–Crippen LogP) is 2.44. The highest BCUT2D eigenvalue weighted by molar-refractivity contribution is 7.09. The van der Waals surface area contributed by atoms with Crippen LogP contribution in [0.2, 0.25) is 0 Å². The summed E-state index contributed by atoms with van der Waals surface area (Å²) in [5, 5.41) is 2.36. The van der Waals surface area contributed by atoms with Crippen molar-refractivity contribution >= 4 is 17.3 Å². The Bertz CT molecular complexity index is 610. The van der Waals surface area contributed by atoms with Crippen molar-refractivity contribution < 1.29 is 19.0 Å². The SMILES string of the molecule is COC(=O)c1csc(C2COc3ccccc3O2)n1. The molecule has 6 heteroatoms. The molecule has 98 valence electrons. The van der Waals surface area contributed by atoms with Crippen molar-refractivity contribution in [2.24, 2.45) is 0 Å². The lowest BCUT2D eigenvalue weighted by molar-refractivity contribution is 0.0592. The fourth-order valence-electron chi connectivity index (χ4n) is 1.78. The van der Waals surface area contributed by atoms with Crippen LogP contribution in [0.15, 0.2) is 29.6 Å². The summed E-state index contributed by atoms with van der Waals surface area (Å²) in [6.07, 6.45) is -0.293. The Morgan fingerprint density at radius 3 is 3.00 bits per heavy atom. The van der Waals surface area contributed by atoms with Crippen LogP contribution in [0.4, 0.5) is 0 Å². The van der Waals surface area contributed by atoms with E-state index in [0.29, 0.717) is 23.1 Å². The number of rotatable bonds is 2. The van der Waals surface area contributed by atoms with E-state index in [-0.39, 0.29) is 6.10 Å². The number of thiazole rings is 1. The number of fused-ring (bicyclic) bond motifs is 1. The number of methoxy groups -OCH3 is 1. The Labute approximate surface area is 113 Å². The number of benzene rings is 1. The number of carbonyl (C=O) groups is 1. The molecule has 1 atom stereocenters. The van der Waals surface area contributed by atoms with Gasteiger partial charge in [0.1, 0.15) is 11.6 Å². The third kappa shape index (κ3) is 2.26. The minimum atomic E-state index is -0.445. The molecule has 0 bridgehead atoms. The van der Waals surface area contributed by atoms with Crippen molar-refractivity contribution in [3.63, 3.8) is 0 Å². The minimum absolute atomic E-state index is 0.293. The highest BCUT2D eigenvalue weighted by atomic mass is 32.1. The molecular formula is C13H11NO4S. The highest BCUT2D eigenvalue weighted by Gasteiger charge is 2.25. The van der Waals surface area contributed by atoms with Crippen LogP contribution in [0, 0.1) is 0 Å². The van der Waals surface area contributed by atoms with Crippen LogP contribution < -0.4 is 9.47 Å². The molecule has 3 rings (SSSR count). The minimum Gasteiger partial charge on any atom is -0.485 e. The summed E-state index contributed by atoms with van der Waals surface area (Å²) in [6.45, 7) is 0.380. The van der Waals surface area contributed by atoms with E-state index in [1.807, 2.05) is 24.3 Å². The number of aromatic nitrogens is 1. The van der Waals surface area contributed by atoms with E-state index in [9.17, 15) is 4.79 Å². The number of hydrogen-bond acceptors (Lipinski definition) is 6. The number of esters is 1. The molecule has 0 amide bonds. The Balaban J connectivity index is 1.81. The van der Waals surface area contributed by atoms with E-state index in [0.717, 1.165) is 5.75 Å². The summed E-state index contributed by atoms with van der Waals surface area (Å²) in [6, 6.07) is 7.47. The standard InChI is InChI=1S/C13H11NO4S/c1-16-13(15)8-7-19-12(14-8)11-6-17-9-4-2-3-5-10(9)18-11/h2-5,7,11H,6H2,1H3. The third-order valence-corrected chi connectivity index (χ3v) is 3.64. The van der Waals surface area contributed by atoms with Crippen LogP contribution >= 0.6 is 11.3 Å². The maximum Gasteiger partial charge on any atom is 0.357 e. The lowest BCUT2D eigenvalue weighted by atomic mass is 10.2. The van der Waals surface area contributed by atoms with Gasteiger partial charge in [0.2, 0.25) is 0 Å². The Hall–Kier alpha value is -2.08. The smallest absolute Gasteiger partial charge is 0.357 e. The van der Waals surface area contributed by atoms with E-state index in [1.54, 1.807) is 5.38 Å². The lowest BCUT2D eigenvalue weighted by Crippen LogP contribution is -2.21. The first-order chi connectivity index (χ1) is 9.28. The van der Waals surface area contributed by atoms with E-state index in [2.05, 4.69) is 9.72 Å². The molecule has 0 saturated carbocycles. The molecule has 1 aromatic carbocycles. The number of carbonyl (C=O) groups excluding carboxylic acids is 1. The van der Waals surface area contributed by atoms with Crippen LogP contribution in [-0.2, 0) is 4.74 Å². The average Bonchev–Trinajstić information content (AvgIpc) is 2.95. The van der Waals surface area contributed by atoms with Gasteiger partial charge in [0.05, 0.1) is 7.11 Å². The Kier molecular flexibility index (Phi) is 3.08. The number of nitrogens with zero attached hydrogens (tertiary/aromatic N) is 1. The summed E-state index contributed by atoms with van der Waals surface area (Å²) in [5.41, 5.74) is 0.296. The van der Waals surface area contributed by atoms with Gasteiger partial charge in [-0.25, -0.2) is 9.78 Å². The molecule has 0 N–H and O–H groups in total. The molecule has 1 aliphatic heterocycles. The molecule has 1 aliphatic rings. The van der Waals surface area contributed by atoms with Gasteiger partial charge in [-0.2, -0.15) is 0 Å². The van der Waals surface area contributed by atoms with Gasteiger partial charge >= 0.3 is 5.97 Å². The van der Waals surface area contributed by atoms with Crippen LogP contribution in [-0.4, -0.2) is 24.7 Å². The largest absolute Gasteiger partial charge is 0.485 e. The quantitative estimate of drug-likeness (QED) is 0.789. The van der Waals surface area contributed by atoms with Crippen molar-refractivity contribution in [1.82, 2.24) is 4.98 Å². The molecule has 0 saturated heterocycles. The molecule has 0 aliphatic carbocycles. The number of para-hydroxylation sites is 2. The zero-order valence-corrected chi connectivity index (χ0v) is 11.0. The molecule has 1 unspecified atom stereocenters. The fourth-order valence-corrected chi connectivity index (χ4v) is 2.58. The molecule has 0 radical (unpaired) electrons. The molecule has 5 nitrogen and oxygen atoms in total. The first-order valence-electron chi connectivity index (χ1n) is 5.70. The third-order valence-electron chi connectivity index (χ3n) is 2.70. The van der Waals surface area contributed by atoms with Crippen LogP contribution in [0.25, 0.3) is 0 Å². The molecule has 0 fully saturated rings. The zero-order chi connectivity index (χ0) is 13.2. The molecule has 2 aromatic rings. The van der Waals surface area contributed by atoms with Gasteiger partial charge in [0, 0.05) is 5.38 Å². The first kappa shape index (κ1) is 12.0. The van der Waals surface area contributed by atoms with E-state index >= 15 is 0 Å². The second-order valence-corrected chi connectivity index (χ2v) is 4.82.